The Morgan fingerprint density at radius 3 is 2.81 bits per heavy atom. The zero-order valence-electron chi connectivity index (χ0n) is 18.3. The molecule has 1 aliphatic heterocycles. The molecule has 162 valence electrons. The molecule has 1 saturated carbocycles. The third-order valence-corrected chi connectivity index (χ3v) is 7.28. The first-order valence-electron chi connectivity index (χ1n) is 11.8. The van der Waals surface area contributed by atoms with Gasteiger partial charge in [-0.1, -0.05) is 61.0 Å². The van der Waals surface area contributed by atoms with E-state index in [0.29, 0.717) is 37.1 Å². The summed E-state index contributed by atoms with van der Waals surface area (Å²) >= 11 is 0. The molecule has 4 atom stereocenters. The maximum atomic E-state index is 11.8. The predicted molar refractivity (Wildman–Crippen MR) is 125 cm³/mol. The van der Waals surface area contributed by atoms with Crippen LogP contribution in [-0.2, 0) is 4.74 Å². The second kappa shape index (κ2) is 8.88. The van der Waals surface area contributed by atoms with Gasteiger partial charge < -0.3 is 10.1 Å². The number of carbonyl (C=O) groups excluding carboxylic acids is 1. The average Bonchev–Trinajstić information content (AvgIpc) is 3.25. The van der Waals surface area contributed by atoms with E-state index in [1.165, 1.54) is 42.0 Å². The van der Waals surface area contributed by atoms with Crippen molar-refractivity contribution < 1.29 is 9.53 Å². The lowest BCUT2D eigenvalue weighted by atomic mass is 9.75. The summed E-state index contributed by atoms with van der Waals surface area (Å²) in [4.78, 5) is 13.6. The van der Waals surface area contributed by atoms with Crippen molar-refractivity contribution in [2.75, 3.05) is 13.2 Å². The van der Waals surface area contributed by atoms with Crippen LogP contribution < -0.4 is 5.32 Å². The number of allylic oxidation sites excluding steroid dienone is 3. The predicted octanol–water partition coefficient (Wildman–Crippen LogP) is 5.96. The summed E-state index contributed by atoms with van der Waals surface area (Å²) in [5.41, 5.74) is 2.40. The molecule has 1 N–H and O–H groups in total. The van der Waals surface area contributed by atoms with Crippen molar-refractivity contribution in [2.45, 2.75) is 51.1 Å². The molecule has 5 rings (SSSR count). The average molecular weight is 417 g/mol. The van der Waals surface area contributed by atoms with Crippen molar-refractivity contribution in [3.63, 3.8) is 0 Å². The van der Waals surface area contributed by atoms with E-state index in [1.807, 2.05) is 0 Å². The van der Waals surface area contributed by atoms with Gasteiger partial charge in [-0.15, -0.1) is 0 Å². The Bertz CT molecular complexity index is 1010. The summed E-state index contributed by atoms with van der Waals surface area (Å²) in [6.07, 6.45) is 12.6. The highest BCUT2D eigenvalue weighted by Gasteiger charge is 2.31. The fraction of sp³-hybridized carbons (Fsp3) is 0.444. The number of benzene rings is 2. The van der Waals surface area contributed by atoms with E-state index in [4.69, 9.17) is 4.74 Å². The summed E-state index contributed by atoms with van der Waals surface area (Å²) in [7, 11) is 0. The molecule has 3 aliphatic rings. The molecule has 0 bridgehead atoms. The third-order valence-electron chi connectivity index (χ3n) is 7.28. The van der Waals surface area contributed by atoms with Gasteiger partial charge in [-0.3, -0.25) is 4.90 Å². The van der Waals surface area contributed by atoms with Crippen LogP contribution in [0.3, 0.4) is 0 Å². The van der Waals surface area contributed by atoms with Crippen molar-refractivity contribution in [3.8, 4) is 0 Å². The quantitative estimate of drug-likeness (QED) is 0.654. The molecule has 2 aromatic carbocycles. The van der Waals surface area contributed by atoms with Crippen LogP contribution in [0.1, 0.15) is 50.6 Å². The van der Waals surface area contributed by atoms with Gasteiger partial charge in [-0.2, -0.15) is 0 Å². The van der Waals surface area contributed by atoms with Gasteiger partial charge in [-0.05, 0) is 66.9 Å². The van der Waals surface area contributed by atoms with Crippen LogP contribution >= 0.6 is 0 Å². The number of cyclic esters (lactones) is 1. The van der Waals surface area contributed by atoms with E-state index in [-0.39, 0.29) is 6.09 Å². The Balaban J connectivity index is 1.21. The van der Waals surface area contributed by atoms with Crippen LogP contribution in [0.4, 0.5) is 4.79 Å². The minimum absolute atomic E-state index is 0.210. The first-order chi connectivity index (χ1) is 15.2. The Hall–Kier alpha value is -2.59. The minimum Gasteiger partial charge on any atom is -0.447 e. The Morgan fingerprint density at radius 2 is 2.00 bits per heavy atom. The first kappa shape index (κ1) is 20.3. The number of nitrogens with one attached hydrogen (secondary N) is 1. The van der Waals surface area contributed by atoms with E-state index in [0.717, 1.165) is 12.1 Å². The summed E-state index contributed by atoms with van der Waals surface area (Å²) in [5, 5.41) is 6.61. The van der Waals surface area contributed by atoms with Gasteiger partial charge in [0.15, 0.2) is 0 Å². The molecule has 1 amide bonds. The van der Waals surface area contributed by atoms with Gasteiger partial charge in [0, 0.05) is 17.8 Å². The van der Waals surface area contributed by atoms with Crippen LogP contribution in [0, 0.1) is 11.8 Å². The second-order valence-electron chi connectivity index (χ2n) is 9.23. The highest BCUT2D eigenvalue weighted by Crippen LogP contribution is 2.36. The summed E-state index contributed by atoms with van der Waals surface area (Å²) in [6, 6.07) is 16.2. The largest absolute Gasteiger partial charge is 0.447 e. The minimum atomic E-state index is -0.210. The van der Waals surface area contributed by atoms with Crippen molar-refractivity contribution in [2.24, 2.45) is 11.8 Å². The molecule has 0 radical (unpaired) electrons. The second-order valence-corrected chi connectivity index (χ2v) is 9.23. The summed E-state index contributed by atoms with van der Waals surface area (Å²) in [6.45, 7) is 3.47. The molecule has 1 heterocycles. The van der Waals surface area contributed by atoms with Crippen molar-refractivity contribution >= 4 is 16.9 Å². The third kappa shape index (κ3) is 4.27. The van der Waals surface area contributed by atoms with Crippen LogP contribution in [0.15, 0.2) is 66.4 Å². The van der Waals surface area contributed by atoms with Crippen LogP contribution in [-0.4, -0.2) is 30.2 Å². The molecule has 0 aromatic heterocycles. The maximum Gasteiger partial charge on any atom is 0.414 e. The fourth-order valence-corrected chi connectivity index (χ4v) is 5.64. The molecule has 1 saturated heterocycles. The molecule has 2 unspecified atom stereocenters. The normalized spacial score (nSPS) is 27.3. The molecule has 2 aromatic rings. The molecule has 4 nitrogen and oxygen atoms in total. The van der Waals surface area contributed by atoms with E-state index in [1.54, 1.807) is 4.90 Å². The number of hydrogen-bond acceptors (Lipinski definition) is 3. The highest BCUT2D eigenvalue weighted by molar-refractivity contribution is 5.86. The maximum absolute atomic E-state index is 11.8. The molecule has 4 heteroatoms. The van der Waals surface area contributed by atoms with Gasteiger partial charge in [0.25, 0.3) is 0 Å². The van der Waals surface area contributed by atoms with Crippen LogP contribution in [0.25, 0.3) is 10.8 Å². The van der Waals surface area contributed by atoms with Crippen molar-refractivity contribution in [1.29, 1.82) is 0 Å². The number of nitrogens with zero attached hydrogens (tertiary/aromatic N) is 1. The van der Waals surface area contributed by atoms with E-state index in [2.05, 4.69) is 72.9 Å². The standard InChI is InChI=1S/C27H32N2O2/c1-19(25-11-5-7-21-6-2-3-10-26(21)25)28-23-9-4-8-22(18-23)20-12-14-24(15-13-20)29-16-17-31-27(29)30/h2-3,5-7,10-12,14-15,19-20,22-23,28H,4,8-9,13,16-18H2,1H3/t19?,20?,22-,23-/m0/s1. The zero-order chi connectivity index (χ0) is 21.2. The van der Waals surface area contributed by atoms with E-state index < -0.39 is 0 Å². The van der Waals surface area contributed by atoms with Gasteiger partial charge in [0.2, 0.25) is 0 Å². The lowest BCUT2D eigenvalue weighted by Gasteiger charge is -2.36. The number of hydrogen-bond donors (Lipinski definition) is 1. The summed E-state index contributed by atoms with van der Waals surface area (Å²) < 4.78 is 5.08. The molecule has 2 aliphatic carbocycles. The Labute approximate surface area is 185 Å². The van der Waals surface area contributed by atoms with Crippen LogP contribution in [0.5, 0.6) is 0 Å². The number of amides is 1. The Morgan fingerprint density at radius 1 is 1.13 bits per heavy atom. The monoisotopic (exact) mass is 416 g/mol. The SMILES string of the molecule is CC(N[C@H]1CCC[C@H](C2C=CC(N3CCOC3=O)=CC2)C1)c1cccc2ccccc12. The number of rotatable bonds is 5. The Kier molecular flexibility index (Phi) is 5.82. The lowest BCUT2D eigenvalue weighted by Crippen LogP contribution is -2.37. The number of fused-ring (bicyclic) bond motifs is 1. The first-order valence-corrected chi connectivity index (χ1v) is 11.8. The number of carbonyl (C=O) groups is 1. The molecule has 2 fully saturated rings. The van der Waals surface area contributed by atoms with E-state index >= 15 is 0 Å². The summed E-state index contributed by atoms with van der Waals surface area (Å²) in [5.74, 6) is 1.27. The van der Waals surface area contributed by atoms with Crippen molar-refractivity contribution in [1.82, 2.24) is 10.2 Å². The molecule has 31 heavy (non-hydrogen) atoms. The van der Waals surface area contributed by atoms with Gasteiger partial charge >= 0.3 is 6.09 Å². The molecular weight excluding hydrogens is 384 g/mol. The molecular formula is C27H32N2O2. The lowest BCUT2D eigenvalue weighted by molar-refractivity contribution is 0.164. The van der Waals surface area contributed by atoms with Gasteiger partial charge in [-0.25, -0.2) is 4.79 Å². The number of ether oxygens (including phenoxy) is 1. The highest BCUT2D eigenvalue weighted by atomic mass is 16.6. The van der Waals surface area contributed by atoms with Gasteiger partial charge in [0.1, 0.15) is 6.61 Å². The molecule has 0 spiro atoms. The van der Waals surface area contributed by atoms with E-state index in [9.17, 15) is 4.79 Å². The fourth-order valence-electron chi connectivity index (χ4n) is 5.64. The smallest absolute Gasteiger partial charge is 0.414 e. The van der Waals surface area contributed by atoms with Crippen molar-refractivity contribution in [3.05, 3.63) is 72.0 Å². The van der Waals surface area contributed by atoms with Crippen LogP contribution in [0.2, 0.25) is 0 Å². The zero-order valence-corrected chi connectivity index (χ0v) is 18.3. The van der Waals surface area contributed by atoms with Gasteiger partial charge in [0.05, 0.1) is 6.54 Å². The topological polar surface area (TPSA) is 41.6 Å².